The van der Waals surface area contributed by atoms with Crippen LogP contribution in [0.15, 0.2) is 35.2 Å². The van der Waals surface area contributed by atoms with Gasteiger partial charge in [-0.25, -0.2) is 17.2 Å². The maximum atomic E-state index is 13.7. The summed E-state index contributed by atoms with van der Waals surface area (Å²) in [6.07, 6.45) is -1.40. The van der Waals surface area contributed by atoms with Crippen LogP contribution in [0.2, 0.25) is 5.02 Å². The van der Waals surface area contributed by atoms with Crippen LogP contribution < -0.4 is 5.32 Å². The lowest BCUT2D eigenvalue weighted by Crippen LogP contribution is -2.58. The van der Waals surface area contributed by atoms with E-state index in [1.165, 1.54) is 25.1 Å². The van der Waals surface area contributed by atoms with E-state index < -0.39 is 62.3 Å². The normalized spacial score (nSPS) is 27.5. The molecule has 0 saturated heterocycles. The summed E-state index contributed by atoms with van der Waals surface area (Å²) >= 11 is 6.32. The second-order valence-electron chi connectivity index (χ2n) is 9.86. The van der Waals surface area contributed by atoms with Crippen LogP contribution in [0.1, 0.15) is 48.5 Å². The van der Waals surface area contributed by atoms with Gasteiger partial charge in [-0.05, 0) is 81.2 Å². The summed E-state index contributed by atoms with van der Waals surface area (Å²) < 4.78 is 54.1. The van der Waals surface area contributed by atoms with Crippen molar-refractivity contribution in [1.29, 1.82) is 0 Å². The number of aliphatic hydroxyl groups excluding tert-OH is 2. The molecule has 0 spiro atoms. The molecular weight excluding hydrogens is 516 g/mol. The van der Waals surface area contributed by atoms with E-state index in [1.807, 2.05) is 0 Å². The summed E-state index contributed by atoms with van der Waals surface area (Å²) in [6.45, 7) is 2.95. The fourth-order valence-electron chi connectivity index (χ4n) is 5.73. The van der Waals surface area contributed by atoms with E-state index in [2.05, 4.69) is 5.32 Å². The summed E-state index contributed by atoms with van der Waals surface area (Å²) in [5.74, 6) is -3.98. The summed E-state index contributed by atoms with van der Waals surface area (Å²) in [5.41, 5.74) is -1.19. The average Bonchev–Trinajstić information content (AvgIpc) is 2.97. The van der Waals surface area contributed by atoms with Gasteiger partial charge >= 0.3 is 0 Å². The van der Waals surface area contributed by atoms with Crippen molar-refractivity contribution in [2.45, 2.75) is 67.5 Å². The van der Waals surface area contributed by atoms with Crippen LogP contribution in [0.25, 0.3) is 0 Å². The Kier molecular flexibility index (Phi) is 7.22. The van der Waals surface area contributed by atoms with Gasteiger partial charge in [-0.3, -0.25) is 4.79 Å². The monoisotopic (exact) mass is 543 g/mol. The topological polar surface area (TPSA) is 124 Å². The van der Waals surface area contributed by atoms with Crippen LogP contribution in [-0.2, 0) is 9.84 Å². The van der Waals surface area contributed by atoms with Crippen molar-refractivity contribution < 1.29 is 37.3 Å². The number of carbonyl (C=O) groups is 1. The minimum atomic E-state index is -4.05. The van der Waals surface area contributed by atoms with Crippen LogP contribution in [-0.4, -0.2) is 52.7 Å². The maximum Gasteiger partial charge on any atom is 0.255 e. The van der Waals surface area contributed by atoms with Crippen molar-refractivity contribution in [3.63, 3.8) is 0 Å². The summed E-state index contributed by atoms with van der Waals surface area (Å²) in [6, 6.07) is 5.40. The van der Waals surface area contributed by atoms with Crippen LogP contribution in [0.4, 0.5) is 14.5 Å². The summed E-state index contributed by atoms with van der Waals surface area (Å²) in [7, 11) is -4.05. The average molecular weight is 544 g/mol. The second-order valence-corrected chi connectivity index (χ2v) is 12.5. The van der Waals surface area contributed by atoms with Gasteiger partial charge in [-0.1, -0.05) is 11.6 Å². The van der Waals surface area contributed by atoms with E-state index in [9.17, 15) is 37.3 Å². The predicted molar refractivity (Wildman–Crippen MR) is 130 cm³/mol. The number of carbonyl (C=O) groups excluding carboxylic acids is 1. The number of aryl methyl sites for hydroxylation is 1. The third kappa shape index (κ3) is 4.54. The lowest BCUT2D eigenvalue weighted by molar-refractivity contribution is -0.172. The van der Waals surface area contributed by atoms with Crippen molar-refractivity contribution in [3.05, 3.63) is 58.1 Å². The highest BCUT2D eigenvalue weighted by atomic mass is 35.5. The van der Waals surface area contributed by atoms with E-state index >= 15 is 0 Å². The van der Waals surface area contributed by atoms with Gasteiger partial charge in [0.25, 0.3) is 5.91 Å². The molecule has 2 aliphatic rings. The van der Waals surface area contributed by atoms with Crippen LogP contribution >= 0.6 is 11.6 Å². The molecule has 196 valence electrons. The van der Waals surface area contributed by atoms with Crippen molar-refractivity contribution in [2.24, 2.45) is 11.8 Å². The van der Waals surface area contributed by atoms with Crippen molar-refractivity contribution in [3.8, 4) is 0 Å². The van der Waals surface area contributed by atoms with E-state index in [0.29, 0.717) is 18.4 Å². The number of halogens is 3. The number of fused-ring (bicyclic) bond motifs is 2. The highest BCUT2D eigenvalue weighted by Crippen LogP contribution is 2.54. The Bertz CT molecular complexity index is 1290. The Labute approximate surface area is 213 Å². The molecule has 0 aliphatic heterocycles. The fraction of sp³-hybridized carbons (Fsp3) is 0.480. The lowest BCUT2D eigenvalue weighted by atomic mass is 9.70. The number of rotatable bonds is 6. The Morgan fingerprint density at radius 2 is 1.72 bits per heavy atom. The highest BCUT2D eigenvalue weighted by Gasteiger charge is 2.59. The number of benzene rings is 2. The molecule has 4 N–H and O–H groups in total. The molecule has 2 fully saturated rings. The molecule has 7 nitrogen and oxygen atoms in total. The first-order valence-electron chi connectivity index (χ1n) is 11.7. The van der Waals surface area contributed by atoms with E-state index in [4.69, 9.17) is 11.6 Å². The van der Waals surface area contributed by atoms with Gasteiger partial charge in [0.05, 0.1) is 26.9 Å². The molecule has 2 bridgehead atoms. The minimum absolute atomic E-state index is 0.00234. The van der Waals surface area contributed by atoms with Gasteiger partial charge in [0, 0.05) is 17.3 Å². The van der Waals surface area contributed by atoms with Gasteiger partial charge in [0.2, 0.25) is 0 Å². The molecule has 2 aliphatic carbocycles. The van der Waals surface area contributed by atoms with E-state index in [-0.39, 0.29) is 34.0 Å². The van der Waals surface area contributed by atoms with Gasteiger partial charge in [0.15, 0.2) is 21.5 Å². The molecule has 2 saturated carbocycles. The zero-order chi connectivity index (χ0) is 26.6. The fourth-order valence-corrected chi connectivity index (χ4v) is 8.22. The SMILES string of the molecule is Cc1cc(Cl)c(S(=O)(=O)[C@H]2CC3CCC(C2)[C@]3(O)[C@H](O)[C@H](C)O)cc1C(=O)Nc1ccc(F)c(F)c1. The van der Waals surface area contributed by atoms with Crippen LogP contribution in [0.5, 0.6) is 0 Å². The molecule has 36 heavy (non-hydrogen) atoms. The smallest absolute Gasteiger partial charge is 0.255 e. The molecule has 2 unspecified atom stereocenters. The van der Waals surface area contributed by atoms with Gasteiger partial charge in [-0.2, -0.15) is 0 Å². The van der Waals surface area contributed by atoms with Crippen molar-refractivity contribution in [1.82, 2.24) is 0 Å². The molecule has 4 atom stereocenters. The quantitative estimate of drug-likeness (QED) is 0.441. The van der Waals surface area contributed by atoms with Gasteiger partial charge in [0.1, 0.15) is 6.10 Å². The first-order valence-corrected chi connectivity index (χ1v) is 13.6. The molecular formula is C25H28ClF2NO6S. The van der Waals surface area contributed by atoms with E-state index in [0.717, 1.165) is 12.1 Å². The first-order chi connectivity index (χ1) is 16.8. The largest absolute Gasteiger partial charge is 0.391 e. The molecule has 11 heteroatoms. The molecule has 0 radical (unpaired) electrons. The number of sulfone groups is 1. The zero-order valence-electron chi connectivity index (χ0n) is 19.7. The standard InChI is InChI=1S/C25H28ClF2NO6S/c1-12-7-19(26)22(11-18(12)24(32)29-16-5-6-20(27)21(28)10-16)36(34,35)17-8-14-3-4-15(9-17)25(14,33)23(31)13(2)30/h5-7,10-11,13-15,17,23,30-31,33H,3-4,8-9H2,1-2H3,(H,29,32)/t13-,14?,15?,17-,23+,25-/m0/s1. The Morgan fingerprint density at radius 1 is 1.11 bits per heavy atom. The number of amides is 1. The van der Waals surface area contributed by atoms with Crippen molar-refractivity contribution in [2.75, 3.05) is 5.32 Å². The minimum Gasteiger partial charge on any atom is -0.391 e. The maximum absolute atomic E-state index is 13.7. The highest BCUT2D eigenvalue weighted by molar-refractivity contribution is 7.92. The molecule has 0 heterocycles. The first kappa shape index (κ1) is 26.9. The molecule has 4 rings (SSSR count). The Morgan fingerprint density at radius 3 is 2.28 bits per heavy atom. The Balaban J connectivity index is 1.63. The van der Waals surface area contributed by atoms with Crippen LogP contribution in [0, 0.1) is 30.4 Å². The number of nitrogens with one attached hydrogen (secondary N) is 1. The van der Waals surface area contributed by atoms with Gasteiger partial charge in [-0.15, -0.1) is 0 Å². The second kappa shape index (κ2) is 9.64. The summed E-state index contributed by atoms with van der Waals surface area (Å²) in [4.78, 5) is 12.6. The van der Waals surface area contributed by atoms with Gasteiger partial charge < -0.3 is 20.6 Å². The van der Waals surface area contributed by atoms with Crippen LogP contribution in [0.3, 0.4) is 0 Å². The van der Waals surface area contributed by atoms with Crippen molar-refractivity contribution >= 4 is 33.0 Å². The Hall–Kier alpha value is -2.11. The lowest BCUT2D eigenvalue weighted by Gasteiger charge is -2.46. The number of hydrogen-bond donors (Lipinski definition) is 4. The number of hydrogen-bond acceptors (Lipinski definition) is 6. The number of aliphatic hydroxyl groups is 3. The molecule has 0 aromatic heterocycles. The number of anilines is 1. The predicted octanol–water partition coefficient (Wildman–Crippen LogP) is 3.61. The molecule has 2 aromatic carbocycles. The zero-order valence-corrected chi connectivity index (χ0v) is 21.3. The summed E-state index contributed by atoms with van der Waals surface area (Å²) in [5, 5.41) is 33.0. The molecule has 2 aromatic rings. The third-order valence-electron chi connectivity index (χ3n) is 7.64. The van der Waals surface area contributed by atoms with E-state index in [1.54, 1.807) is 6.92 Å². The molecule has 1 amide bonds. The third-order valence-corrected chi connectivity index (χ3v) is 10.3.